The van der Waals surface area contributed by atoms with Gasteiger partial charge in [0, 0.05) is 16.9 Å². The summed E-state index contributed by atoms with van der Waals surface area (Å²) < 4.78 is 24.9. The van der Waals surface area contributed by atoms with Crippen LogP contribution in [0.1, 0.15) is 0 Å². The number of carbonyl (C=O) groups is 1. The lowest BCUT2D eigenvalue weighted by molar-refractivity contribution is -0.118. The quantitative estimate of drug-likeness (QED) is 0.444. The van der Waals surface area contributed by atoms with E-state index in [-0.39, 0.29) is 24.3 Å². The average molecular weight is 418 g/mol. The van der Waals surface area contributed by atoms with E-state index in [9.17, 15) is 9.18 Å². The Kier molecular flexibility index (Phi) is 4.64. The molecule has 5 rings (SSSR count). The fourth-order valence-electron chi connectivity index (χ4n) is 3.02. The zero-order chi connectivity index (χ0) is 21.2. The van der Waals surface area contributed by atoms with Crippen LogP contribution in [-0.2, 0) is 4.79 Å². The van der Waals surface area contributed by atoms with E-state index in [4.69, 9.17) is 9.15 Å². The Morgan fingerprint density at radius 2 is 1.87 bits per heavy atom. The molecule has 10 heteroatoms. The second-order valence-corrected chi connectivity index (χ2v) is 6.63. The lowest BCUT2D eigenvalue weighted by atomic mass is 10.2. The van der Waals surface area contributed by atoms with Gasteiger partial charge in [-0.2, -0.15) is 4.98 Å². The Morgan fingerprint density at radius 3 is 2.68 bits per heavy atom. The summed E-state index contributed by atoms with van der Waals surface area (Å²) in [7, 11) is 0. The van der Waals surface area contributed by atoms with Crippen LogP contribution < -0.4 is 20.7 Å². The Bertz CT molecular complexity index is 1240. The van der Waals surface area contributed by atoms with E-state index >= 15 is 0 Å². The van der Waals surface area contributed by atoms with Crippen molar-refractivity contribution in [3.63, 3.8) is 0 Å². The molecule has 31 heavy (non-hydrogen) atoms. The van der Waals surface area contributed by atoms with Gasteiger partial charge in [0.15, 0.2) is 30.4 Å². The number of fused-ring (bicyclic) bond motifs is 1. The van der Waals surface area contributed by atoms with E-state index in [1.54, 1.807) is 24.4 Å². The van der Waals surface area contributed by atoms with Crippen molar-refractivity contribution in [2.75, 3.05) is 22.6 Å². The molecular weight excluding hydrogens is 403 g/mol. The van der Waals surface area contributed by atoms with E-state index in [1.807, 2.05) is 24.3 Å². The third kappa shape index (κ3) is 3.99. The highest BCUT2D eigenvalue weighted by Crippen LogP contribution is 2.32. The largest absolute Gasteiger partial charge is 0.482 e. The van der Waals surface area contributed by atoms with Crippen LogP contribution in [0.15, 0.2) is 65.7 Å². The van der Waals surface area contributed by atoms with Crippen LogP contribution in [0.4, 0.5) is 33.2 Å². The predicted octanol–water partition coefficient (Wildman–Crippen LogP) is 4.09. The summed E-state index contributed by atoms with van der Waals surface area (Å²) in [6.07, 6.45) is 4.07. The molecule has 2 aromatic heterocycles. The summed E-state index contributed by atoms with van der Waals surface area (Å²) in [5.41, 5.74) is 2.62. The van der Waals surface area contributed by atoms with Crippen molar-refractivity contribution >= 4 is 34.7 Å². The van der Waals surface area contributed by atoms with Crippen LogP contribution in [-0.4, -0.2) is 27.5 Å². The zero-order valence-electron chi connectivity index (χ0n) is 15.9. The van der Waals surface area contributed by atoms with Gasteiger partial charge in [0.2, 0.25) is 5.95 Å². The van der Waals surface area contributed by atoms with E-state index in [0.29, 0.717) is 22.9 Å². The SMILES string of the molecule is O=C1COc2ccc(Nc3nc(Nc4ccc(-c5cnco5)cc4)ncc3F)cc2N1. The van der Waals surface area contributed by atoms with Crippen LogP contribution in [0.2, 0.25) is 0 Å². The Labute approximate surface area is 175 Å². The number of oxazole rings is 1. The third-order valence-corrected chi connectivity index (χ3v) is 4.48. The molecule has 9 nitrogen and oxygen atoms in total. The topological polar surface area (TPSA) is 114 Å². The first-order valence-electron chi connectivity index (χ1n) is 9.26. The zero-order valence-corrected chi connectivity index (χ0v) is 15.9. The van der Waals surface area contributed by atoms with Crippen molar-refractivity contribution in [3.05, 3.63) is 67.1 Å². The smallest absolute Gasteiger partial charge is 0.262 e. The highest BCUT2D eigenvalue weighted by Gasteiger charge is 2.17. The molecule has 1 aliphatic heterocycles. The van der Waals surface area contributed by atoms with Gasteiger partial charge in [0.25, 0.3) is 5.91 Å². The minimum Gasteiger partial charge on any atom is -0.482 e. The minimum absolute atomic E-state index is 0.0150. The number of halogens is 1. The van der Waals surface area contributed by atoms with Crippen molar-refractivity contribution < 1.29 is 18.3 Å². The van der Waals surface area contributed by atoms with Crippen molar-refractivity contribution in [3.8, 4) is 17.1 Å². The standard InChI is InChI=1S/C21H15FN6O3/c22-15-8-24-21(26-13-3-1-12(2-4-13)18-9-23-11-31-18)28-20(15)25-14-5-6-17-16(7-14)27-19(29)10-30-17/h1-9,11H,10H2,(H,27,29)(H2,24,25,26,28). The number of rotatable bonds is 5. The highest BCUT2D eigenvalue weighted by atomic mass is 19.1. The number of nitrogens with zero attached hydrogens (tertiary/aromatic N) is 3. The molecule has 0 saturated heterocycles. The highest BCUT2D eigenvalue weighted by molar-refractivity contribution is 5.96. The molecule has 154 valence electrons. The summed E-state index contributed by atoms with van der Waals surface area (Å²) in [6, 6.07) is 12.4. The number of benzene rings is 2. The van der Waals surface area contributed by atoms with Gasteiger partial charge in [-0.3, -0.25) is 4.79 Å². The number of carbonyl (C=O) groups excluding carboxylic acids is 1. The van der Waals surface area contributed by atoms with Gasteiger partial charge in [-0.1, -0.05) is 0 Å². The maximum atomic E-state index is 14.3. The molecule has 0 saturated carbocycles. The molecule has 0 fully saturated rings. The molecule has 0 bridgehead atoms. The minimum atomic E-state index is -0.621. The van der Waals surface area contributed by atoms with Crippen molar-refractivity contribution in [1.29, 1.82) is 0 Å². The molecule has 0 atom stereocenters. The molecule has 3 heterocycles. The molecule has 1 aliphatic rings. The number of hydrogen-bond acceptors (Lipinski definition) is 8. The Balaban J connectivity index is 1.33. The van der Waals surface area contributed by atoms with E-state index in [0.717, 1.165) is 17.4 Å². The molecule has 2 aromatic carbocycles. The van der Waals surface area contributed by atoms with Gasteiger partial charge in [-0.25, -0.2) is 14.4 Å². The van der Waals surface area contributed by atoms with Crippen molar-refractivity contribution in [1.82, 2.24) is 15.0 Å². The second-order valence-electron chi connectivity index (χ2n) is 6.63. The number of nitrogens with one attached hydrogen (secondary N) is 3. The van der Waals surface area contributed by atoms with E-state index in [1.165, 1.54) is 6.39 Å². The van der Waals surface area contributed by atoms with Gasteiger partial charge < -0.3 is 25.1 Å². The molecular formula is C21H15FN6O3. The molecule has 1 amide bonds. The van der Waals surface area contributed by atoms with Crippen molar-refractivity contribution in [2.24, 2.45) is 0 Å². The first-order valence-corrected chi connectivity index (χ1v) is 9.26. The number of anilines is 5. The Hall–Kier alpha value is -4.47. The summed E-state index contributed by atoms with van der Waals surface area (Å²) in [6.45, 7) is -0.0330. The first kappa shape index (κ1) is 18.6. The fourth-order valence-corrected chi connectivity index (χ4v) is 3.02. The predicted molar refractivity (Wildman–Crippen MR) is 111 cm³/mol. The number of amides is 1. The maximum Gasteiger partial charge on any atom is 0.262 e. The molecule has 0 unspecified atom stereocenters. The van der Waals surface area contributed by atoms with Crippen LogP contribution in [0, 0.1) is 5.82 Å². The molecule has 0 spiro atoms. The van der Waals surface area contributed by atoms with E-state index < -0.39 is 5.82 Å². The lowest BCUT2D eigenvalue weighted by Gasteiger charge is -2.19. The van der Waals surface area contributed by atoms with Crippen molar-refractivity contribution in [2.45, 2.75) is 0 Å². The maximum absolute atomic E-state index is 14.3. The van der Waals surface area contributed by atoms with Crippen LogP contribution in [0.5, 0.6) is 5.75 Å². The monoisotopic (exact) mass is 418 g/mol. The lowest BCUT2D eigenvalue weighted by Crippen LogP contribution is -2.25. The summed E-state index contributed by atoms with van der Waals surface area (Å²) in [5, 5.41) is 8.64. The molecule has 3 N–H and O–H groups in total. The van der Waals surface area contributed by atoms with Crippen LogP contribution >= 0.6 is 0 Å². The molecule has 0 radical (unpaired) electrons. The van der Waals surface area contributed by atoms with Crippen LogP contribution in [0.25, 0.3) is 11.3 Å². The summed E-state index contributed by atoms with van der Waals surface area (Å²) >= 11 is 0. The average Bonchev–Trinajstić information content (AvgIpc) is 3.31. The van der Waals surface area contributed by atoms with Gasteiger partial charge >= 0.3 is 0 Å². The molecule has 4 aromatic rings. The molecule has 0 aliphatic carbocycles. The van der Waals surface area contributed by atoms with E-state index in [2.05, 4.69) is 30.9 Å². The number of ether oxygens (including phenoxy) is 1. The van der Waals surface area contributed by atoms with Gasteiger partial charge in [0.05, 0.1) is 18.1 Å². The summed E-state index contributed by atoms with van der Waals surface area (Å²) in [4.78, 5) is 23.6. The van der Waals surface area contributed by atoms with Crippen LogP contribution in [0.3, 0.4) is 0 Å². The first-order chi connectivity index (χ1) is 15.1. The van der Waals surface area contributed by atoms with Gasteiger partial charge in [-0.15, -0.1) is 0 Å². The van der Waals surface area contributed by atoms with Gasteiger partial charge in [-0.05, 0) is 42.5 Å². The normalized spacial score (nSPS) is 12.5. The second kappa shape index (κ2) is 7.75. The fraction of sp³-hybridized carbons (Fsp3) is 0.0476. The third-order valence-electron chi connectivity index (χ3n) is 4.48. The summed E-state index contributed by atoms with van der Waals surface area (Å²) in [5.74, 6) is 0.528. The Morgan fingerprint density at radius 1 is 1.03 bits per heavy atom. The van der Waals surface area contributed by atoms with Gasteiger partial charge in [0.1, 0.15) is 5.75 Å². The number of aromatic nitrogens is 3. The number of hydrogen-bond donors (Lipinski definition) is 3.